The van der Waals surface area contributed by atoms with Crippen molar-refractivity contribution in [2.75, 3.05) is 0 Å². The van der Waals surface area contributed by atoms with Crippen LogP contribution in [-0.2, 0) is 5.41 Å². The molecule has 78 valence electrons. The molecule has 0 radical (unpaired) electrons. The average Bonchev–Trinajstić information content (AvgIpc) is 2.67. The van der Waals surface area contributed by atoms with E-state index in [1.807, 2.05) is 18.3 Å². The van der Waals surface area contributed by atoms with E-state index in [0.717, 1.165) is 11.3 Å². The maximum absolute atomic E-state index is 4.63. The Labute approximate surface area is 94.0 Å². The molecule has 0 saturated carbocycles. The van der Waals surface area contributed by atoms with E-state index in [1.54, 1.807) is 17.5 Å². The molecule has 0 spiro atoms. The molecule has 0 aliphatic carbocycles. The van der Waals surface area contributed by atoms with Crippen molar-refractivity contribution in [1.29, 1.82) is 0 Å². The topological polar surface area (TPSA) is 25.8 Å². The molecule has 0 aliphatic heterocycles. The Kier molecular flexibility index (Phi) is 2.57. The molecule has 3 heteroatoms. The van der Waals surface area contributed by atoms with Gasteiger partial charge in [0.2, 0.25) is 0 Å². The van der Waals surface area contributed by atoms with Crippen molar-refractivity contribution >= 4 is 11.3 Å². The van der Waals surface area contributed by atoms with Crippen molar-refractivity contribution in [3.63, 3.8) is 0 Å². The monoisotopic (exact) mass is 218 g/mol. The van der Waals surface area contributed by atoms with Crippen molar-refractivity contribution in [2.24, 2.45) is 0 Å². The van der Waals surface area contributed by atoms with Gasteiger partial charge in [0.15, 0.2) is 0 Å². The molecule has 2 aromatic heterocycles. The summed E-state index contributed by atoms with van der Waals surface area (Å²) in [5, 5.41) is 3.26. The van der Waals surface area contributed by atoms with Gasteiger partial charge in [-0.1, -0.05) is 20.8 Å². The van der Waals surface area contributed by atoms with Crippen molar-refractivity contribution in [3.05, 3.63) is 34.9 Å². The van der Waals surface area contributed by atoms with Crippen LogP contribution in [0.3, 0.4) is 0 Å². The first-order chi connectivity index (χ1) is 7.07. The maximum atomic E-state index is 4.63. The molecule has 2 rings (SSSR count). The van der Waals surface area contributed by atoms with Crippen LogP contribution in [0.25, 0.3) is 11.3 Å². The average molecular weight is 218 g/mol. The lowest BCUT2D eigenvalue weighted by Gasteiger charge is -2.13. The van der Waals surface area contributed by atoms with Crippen molar-refractivity contribution in [3.8, 4) is 11.3 Å². The molecule has 0 aliphatic rings. The third kappa shape index (κ3) is 2.23. The highest BCUT2D eigenvalue weighted by Gasteiger charge is 2.18. The van der Waals surface area contributed by atoms with Crippen LogP contribution in [0.1, 0.15) is 25.8 Å². The van der Waals surface area contributed by atoms with Crippen LogP contribution in [0.4, 0.5) is 0 Å². The lowest BCUT2D eigenvalue weighted by Crippen LogP contribution is -2.10. The summed E-state index contributed by atoms with van der Waals surface area (Å²) in [6, 6.07) is 3.97. The van der Waals surface area contributed by atoms with Gasteiger partial charge in [0.25, 0.3) is 0 Å². The van der Waals surface area contributed by atoms with E-state index < -0.39 is 0 Å². The minimum Gasteiger partial charge on any atom is -0.264 e. The fourth-order valence-corrected chi connectivity index (χ4v) is 2.18. The van der Waals surface area contributed by atoms with E-state index in [9.17, 15) is 0 Å². The Morgan fingerprint density at radius 3 is 2.60 bits per heavy atom. The summed E-state index contributed by atoms with van der Waals surface area (Å²) in [6.45, 7) is 6.54. The molecule has 0 fully saturated rings. The Morgan fingerprint density at radius 1 is 1.27 bits per heavy atom. The summed E-state index contributed by atoms with van der Waals surface area (Å²) in [6.07, 6.45) is 3.63. The number of rotatable bonds is 1. The minimum atomic E-state index is 0.130. The fraction of sp³-hybridized carbons (Fsp3) is 0.333. The van der Waals surface area contributed by atoms with Crippen molar-refractivity contribution in [2.45, 2.75) is 26.2 Å². The molecule has 0 bridgehead atoms. The summed E-state index contributed by atoms with van der Waals surface area (Å²) >= 11 is 1.71. The van der Waals surface area contributed by atoms with E-state index in [1.165, 1.54) is 5.01 Å². The highest BCUT2D eigenvalue weighted by atomic mass is 32.1. The third-order valence-corrected chi connectivity index (χ3v) is 3.37. The number of hydrogen-bond acceptors (Lipinski definition) is 3. The number of hydrogen-bond donors (Lipinski definition) is 0. The Morgan fingerprint density at radius 2 is 2.07 bits per heavy atom. The van der Waals surface area contributed by atoms with Gasteiger partial charge in [-0.25, -0.2) is 4.98 Å². The van der Waals surface area contributed by atoms with Crippen LogP contribution in [0.15, 0.2) is 29.9 Å². The lowest BCUT2D eigenvalue weighted by molar-refractivity contribution is 0.586. The molecule has 2 nitrogen and oxygen atoms in total. The first kappa shape index (κ1) is 10.3. The van der Waals surface area contributed by atoms with Gasteiger partial charge in [0.1, 0.15) is 0 Å². The van der Waals surface area contributed by atoms with E-state index in [0.29, 0.717) is 0 Å². The van der Waals surface area contributed by atoms with E-state index >= 15 is 0 Å². The molecule has 0 aromatic carbocycles. The predicted molar refractivity (Wildman–Crippen MR) is 64.0 cm³/mol. The summed E-state index contributed by atoms with van der Waals surface area (Å²) in [5.41, 5.74) is 2.24. The van der Waals surface area contributed by atoms with E-state index in [4.69, 9.17) is 0 Å². The largest absolute Gasteiger partial charge is 0.264 e. The first-order valence-electron chi connectivity index (χ1n) is 4.94. The zero-order valence-corrected chi connectivity index (χ0v) is 10.0. The van der Waals surface area contributed by atoms with E-state index in [2.05, 4.69) is 36.1 Å². The van der Waals surface area contributed by atoms with Gasteiger partial charge < -0.3 is 0 Å². The van der Waals surface area contributed by atoms with Crippen LogP contribution in [0.5, 0.6) is 0 Å². The molecule has 2 aromatic rings. The van der Waals surface area contributed by atoms with Gasteiger partial charge in [-0.2, -0.15) is 0 Å². The third-order valence-electron chi connectivity index (χ3n) is 2.10. The Balaban J connectivity index is 2.37. The van der Waals surface area contributed by atoms with Gasteiger partial charge in [-0.05, 0) is 12.1 Å². The molecule has 15 heavy (non-hydrogen) atoms. The van der Waals surface area contributed by atoms with E-state index in [-0.39, 0.29) is 5.41 Å². The fourth-order valence-electron chi connectivity index (χ4n) is 1.27. The van der Waals surface area contributed by atoms with Gasteiger partial charge in [-0.15, -0.1) is 11.3 Å². The van der Waals surface area contributed by atoms with Gasteiger partial charge in [-0.3, -0.25) is 4.98 Å². The van der Waals surface area contributed by atoms with Crippen molar-refractivity contribution in [1.82, 2.24) is 9.97 Å². The quantitative estimate of drug-likeness (QED) is 0.732. The van der Waals surface area contributed by atoms with Crippen LogP contribution < -0.4 is 0 Å². The normalized spacial score (nSPS) is 11.7. The molecule has 0 unspecified atom stereocenters. The molecule has 0 atom stereocenters. The summed E-state index contributed by atoms with van der Waals surface area (Å²) in [7, 11) is 0. The van der Waals surface area contributed by atoms with Gasteiger partial charge in [0.05, 0.1) is 10.7 Å². The first-order valence-corrected chi connectivity index (χ1v) is 5.82. The second-order valence-corrected chi connectivity index (χ2v) is 5.39. The molecule has 0 amide bonds. The number of aromatic nitrogens is 2. The number of nitrogens with zero attached hydrogens (tertiary/aromatic N) is 2. The zero-order chi connectivity index (χ0) is 10.9. The van der Waals surface area contributed by atoms with Crippen molar-refractivity contribution < 1.29 is 0 Å². The summed E-state index contributed by atoms with van der Waals surface area (Å²) in [5.74, 6) is 0. The van der Waals surface area contributed by atoms with Crippen LogP contribution in [0, 0.1) is 0 Å². The Hall–Kier alpha value is -1.22. The molecule has 2 heterocycles. The van der Waals surface area contributed by atoms with Crippen LogP contribution in [-0.4, -0.2) is 9.97 Å². The Bertz CT molecular complexity index is 440. The molecular formula is C12H14N2S. The second-order valence-electron chi connectivity index (χ2n) is 4.53. The minimum absolute atomic E-state index is 0.130. The summed E-state index contributed by atoms with van der Waals surface area (Å²) in [4.78, 5) is 8.73. The maximum Gasteiger partial charge on any atom is 0.0986 e. The number of pyridine rings is 1. The molecule has 0 N–H and O–H groups in total. The molecule has 0 saturated heterocycles. The lowest BCUT2D eigenvalue weighted by atomic mass is 9.98. The predicted octanol–water partition coefficient (Wildman–Crippen LogP) is 3.50. The summed E-state index contributed by atoms with van der Waals surface area (Å²) < 4.78 is 0. The second kappa shape index (κ2) is 3.74. The highest BCUT2D eigenvalue weighted by Crippen LogP contribution is 2.29. The number of thiazole rings is 1. The molecular weight excluding hydrogens is 204 g/mol. The smallest absolute Gasteiger partial charge is 0.0986 e. The van der Waals surface area contributed by atoms with Crippen LogP contribution in [0.2, 0.25) is 0 Å². The standard InChI is InChI=1S/C12H14N2S/c1-12(2,3)11-14-10(8-15-11)9-5-4-6-13-7-9/h4-8H,1-3H3. The van der Waals surface area contributed by atoms with Gasteiger partial charge in [0, 0.05) is 28.8 Å². The SMILES string of the molecule is CC(C)(C)c1nc(-c2cccnc2)cs1. The van der Waals surface area contributed by atoms with Gasteiger partial charge >= 0.3 is 0 Å². The zero-order valence-electron chi connectivity index (χ0n) is 9.19. The van der Waals surface area contributed by atoms with Crippen LogP contribution >= 0.6 is 11.3 Å². The highest BCUT2D eigenvalue weighted by molar-refractivity contribution is 7.10.